The van der Waals surface area contributed by atoms with Gasteiger partial charge < -0.3 is 14.7 Å². The van der Waals surface area contributed by atoms with Gasteiger partial charge in [0.25, 0.3) is 0 Å². The van der Waals surface area contributed by atoms with Crippen LogP contribution < -0.4 is 0 Å². The van der Waals surface area contributed by atoms with Crippen molar-refractivity contribution in [2.24, 2.45) is 0 Å². The molecule has 8 heteroatoms. The highest BCUT2D eigenvalue weighted by molar-refractivity contribution is 5.88. The first-order valence-corrected chi connectivity index (χ1v) is 8.82. The molecule has 0 aromatic carbocycles. The number of amides is 1. The fourth-order valence-electron chi connectivity index (χ4n) is 3.29. The highest BCUT2D eigenvalue weighted by atomic mass is 16.5. The molecule has 2 aromatic rings. The van der Waals surface area contributed by atoms with E-state index >= 15 is 0 Å². The molecule has 1 aliphatic rings. The van der Waals surface area contributed by atoms with Crippen LogP contribution in [0.15, 0.2) is 24.5 Å². The van der Waals surface area contributed by atoms with Gasteiger partial charge in [0.2, 0.25) is 5.91 Å². The summed E-state index contributed by atoms with van der Waals surface area (Å²) in [7, 11) is 1.50. The first-order valence-electron chi connectivity index (χ1n) is 8.82. The number of rotatable bonds is 5. The van der Waals surface area contributed by atoms with Gasteiger partial charge in [0.05, 0.1) is 17.3 Å². The second-order valence-electron chi connectivity index (χ2n) is 6.55. The summed E-state index contributed by atoms with van der Waals surface area (Å²) < 4.78 is 5.00. The molecule has 0 spiro atoms. The molecule has 1 amide bonds. The van der Waals surface area contributed by atoms with E-state index in [1.54, 1.807) is 17.2 Å². The van der Waals surface area contributed by atoms with Crippen LogP contribution in [0.3, 0.4) is 0 Å². The van der Waals surface area contributed by atoms with Crippen molar-refractivity contribution in [2.45, 2.75) is 32.2 Å². The van der Waals surface area contributed by atoms with Crippen LogP contribution >= 0.6 is 0 Å². The van der Waals surface area contributed by atoms with E-state index in [-0.39, 0.29) is 24.1 Å². The van der Waals surface area contributed by atoms with E-state index in [9.17, 15) is 14.7 Å². The number of aromatic nitrogens is 3. The molecular weight excluding hydrogens is 348 g/mol. The van der Waals surface area contributed by atoms with Crippen LogP contribution in [0.2, 0.25) is 0 Å². The number of carbonyl (C=O) groups excluding carboxylic acids is 1. The van der Waals surface area contributed by atoms with Crippen LogP contribution in [0.25, 0.3) is 11.3 Å². The summed E-state index contributed by atoms with van der Waals surface area (Å²) in [5, 5.41) is 9.19. The predicted molar refractivity (Wildman–Crippen MR) is 97.1 cm³/mol. The molecule has 0 unspecified atom stereocenters. The third-order valence-electron chi connectivity index (χ3n) is 4.54. The summed E-state index contributed by atoms with van der Waals surface area (Å²) in [6.45, 7) is 2.53. The third kappa shape index (κ3) is 4.28. The quantitative estimate of drug-likeness (QED) is 0.860. The van der Waals surface area contributed by atoms with E-state index in [0.29, 0.717) is 23.6 Å². The number of methoxy groups -OCH3 is 1. The Morgan fingerprint density at radius 3 is 2.81 bits per heavy atom. The highest BCUT2D eigenvalue weighted by Crippen LogP contribution is 2.30. The number of likely N-dealkylation sites (tertiary alicyclic amines) is 1. The van der Waals surface area contributed by atoms with Crippen LogP contribution in [0.5, 0.6) is 0 Å². The first kappa shape index (κ1) is 18.9. The van der Waals surface area contributed by atoms with Crippen LogP contribution in [0.1, 0.15) is 47.2 Å². The Morgan fingerprint density at radius 1 is 1.26 bits per heavy atom. The topological polar surface area (TPSA) is 106 Å². The summed E-state index contributed by atoms with van der Waals surface area (Å²) in [4.78, 5) is 38.6. The normalized spacial score (nSPS) is 17.0. The fourth-order valence-corrected chi connectivity index (χ4v) is 3.29. The van der Waals surface area contributed by atoms with Crippen LogP contribution in [-0.2, 0) is 9.53 Å². The lowest BCUT2D eigenvalue weighted by molar-refractivity contribution is -0.139. The maximum absolute atomic E-state index is 12.4. The summed E-state index contributed by atoms with van der Waals surface area (Å²) in [5.74, 6) is -0.558. The number of aryl methyl sites for hydroxylation is 1. The van der Waals surface area contributed by atoms with Crippen molar-refractivity contribution in [1.82, 2.24) is 19.9 Å². The monoisotopic (exact) mass is 370 g/mol. The van der Waals surface area contributed by atoms with Gasteiger partial charge in [-0.3, -0.25) is 9.78 Å². The Kier molecular flexibility index (Phi) is 5.75. The van der Waals surface area contributed by atoms with Crippen molar-refractivity contribution in [1.29, 1.82) is 0 Å². The van der Waals surface area contributed by atoms with E-state index in [4.69, 9.17) is 4.74 Å². The zero-order valence-corrected chi connectivity index (χ0v) is 15.4. The number of carboxylic acids is 1. The molecule has 0 radical (unpaired) electrons. The molecule has 0 bridgehead atoms. The number of carboxylic acid groups (broad SMARTS) is 1. The molecule has 8 nitrogen and oxygen atoms in total. The molecule has 1 aliphatic heterocycles. The minimum atomic E-state index is -1.04. The molecule has 3 heterocycles. The lowest BCUT2D eigenvalue weighted by Gasteiger charge is -2.34. The first-order chi connectivity index (χ1) is 13.0. The molecule has 1 atom stereocenters. The molecule has 1 saturated heterocycles. The number of piperidine rings is 1. The maximum atomic E-state index is 12.4. The number of ether oxygens (including phenoxy) is 1. The second-order valence-corrected chi connectivity index (χ2v) is 6.55. The summed E-state index contributed by atoms with van der Waals surface area (Å²) >= 11 is 0. The third-order valence-corrected chi connectivity index (χ3v) is 4.54. The molecule has 27 heavy (non-hydrogen) atoms. The number of hydrogen-bond donors (Lipinski definition) is 1. The zero-order chi connectivity index (χ0) is 19.4. The molecule has 1 fully saturated rings. The van der Waals surface area contributed by atoms with Gasteiger partial charge in [-0.05, 0) is 38.3 Å². The number of hydrogen-bond acceptors (Lipinski definition) is 6. The Balaban J connectivity index is 1.98. The summed E-state index contributed by atoms with van der Waals surface area (Å²) in [6, 6.07) is 3.11. The van der Waals surface area contributed by atoms with Gasteiger partial charge in [0, 0.05) is 37.3 Å². The minimum absolute atomic E-state index is 0.0275. The lowest BCUT2D eigenvalue weighted by Crippen LogP contribution is -2.41. The molecule has 142 valence electrons. The van der Waals surface area contributed by atoms with Gasteiger partial charge in [-0.1, -0.05) is 0 Å². The summed E-state index contributed by atoms with van der Waals surface area (Å²) in [6.07, 6.45) is 5.59. The maximum Gasteiger partial charge on any atom is 0.337 e. The highest BCUT2D eigenvalue weighted by Gasteiger charge is 2.30. The van der Waals surface area contributed by atoms with Crippen molar-refractivity contribution < 1.29 is 19.4 Å². The van der Waals surface area contributed by atoms with Crippen molar-refractivity contribution >= 4 is 11.9 Å². The van der Waals surface area contributed by atoms with Gasteiger partial charge in [-0.25, -0.2) is 14.8 Å². The number of nitrogens with zero attached hydrogens (tertiary/aromatic N) is 4. The van der Waals surface area contributed by atoms with Crippen LogP contribution in [0, 0.1) is 6.92 Å². The fraction of sp³-hybridized carbons (Fsp3) is 0.421. The lowest BCUT2D eigenvalue weighted by atomic mass is 10.0. The molecular formula is C19H22N4O4. The zero-order valence-electron chi connectivity index (χ0n) is 15.4. The molecule has 3 rings (SSSR count). The Labute approximate surface area is 157 Å². The van der Waals surface area contributed by atoms with Crippen molar-refractivity contribution in [3.8, 4) is 11.3 Å². The second kappa shape index (κ2) is 8.22. The Morgan fingerprint density at radius 2 is 2.07 bits per heavy atom. The average Bonchev–Trinajstić information content (AvgIpc) is 2.68. The average molecular weight is 370 g/mol. The molecule has 0 aliphatic carbocycles. The smallest absolute Gasteiger partial charge is 0.337 e. The number of carbonyl (C=O) groups is 2. The number of aromatic carboxylic acids is 1. The SMILES string of the molecule is COCC(=O)N1CCCC[C@@H]1c1nc(C)cc(-c2cncc(C(=O)O)c2)n1. The Hall–Kier alpha value is -2.87. The number of pyridine rings is 1. The van der Waals surface area contributed by atoms with Crippen molar-refractivity contribution in [3.63, 3.8) is 0 Å². The van der Waals surface area contributed by atoms with E-state index in [2.05, 4.69) is 15.0 Å². The van der Waals surface area contributed by atoms with Gasteiger partial charge in [0.15, 0.2) is 5.82 Å². The molecule has 0 saturated carbocycles. The van der Waals surface area contributed by atoms with Gasteiger partial charge in [0.1, 0.15) is 6.61 Å². The van der Waals surface area contributed by atoms with Crippen LogP contribution in [0.4, 0.5) is 0 Å². The van der Waals surface area contributed by atoms with Gasteiger partial charge in [-0.2, -0.15) is 0 Å². The largest absolute Gasteiger partial charge is 0.478 e. The van der Waals surface area contributed by atoms with Crippen LogP contribution in [-0.4, -0.2) is 57.1 Å². The van der Waals surface area contributed by atoms with E-state index in [0.717, 1.165) is 25.0 Å². The van der Waals surface area contributed by atoms with Crippen molar-refractivity contribution in [3.05, 3.63) is 41.6 Å². The summed E-state index contributed by atoms with van der Waals surface area (Å²) in [5.41, 5.74) is 2.05. The molecule has 2 aromatic heterocycles. The van der Waals surface area contributed by atoms with Gasteiger partial charge in [-0.15, -0.1) is 0 Å². The predicted octanol–water partition coefficient (Wildman–Crippen LogP) is 2.25. The molecule has 1 N–H and O–H groups in total. The minimum Gasteiger partial charge on any atom is -0.478 e. The van der Waals surface area contributed by atoms with Gasteiger partial charge >= 0.3 is 5.97 Å². The van der Waals surface area contributed by atoms with E-state index in [1.165, 1.54) is 19.4 Å². The van der Waals surface area contributed by atoms with E-state index in [1.807, 2.05) is 6.92 Å². The standard InChI is InChI=1S/C19H22N4O4/c1-12-7-15(13-8-14(19(25)26)10-20-9-13)22-18(21-12)16-5-3-4-6-23(16)17(24)11-27-2/h7-10,16H,3-6,11H2,1-2H3,(H,25,26)/t16-/m1/s1. The Bertz CT molecular complexity index is 855. The van der Waals surface area contributed by atoms with E-state index < -0.39 is 5.97 Å². The van der Waals surface area contributed by atoms with Crippen molar-refractivity contribution in [2.75, 3.05) is 20.3 Å².